The van der Waals surface area contributed by atoms with Gasteiger partial charge in [-0.15, -0.1) is 0 Å². The molecule has 0 radical (unpaired) electrons. The van der Waals surface area contributed by atoms with E-state index in [-0.39, 0.29) is 5.76 Å². The molecule has 0 saturated carbocycles. The zero-order chi connectivity index (χ0) is 17.1. The first-order valence-corrected chi connectivity index (χ1v) is 7.49. The van der Waals surface area contributed by atoms with Crippen LogP contribution in [-0.4, -0.2) is 5.84 Å². The minimum atomic E-state index is -0.0555. The van der Waals surface area contributed by atoms with E-state index in [2.05, 4.69) is 29.2 Å². The second-order valence-electron chi connectivity index (χ2n) is 5.55. The average molecular weight is 320 g/mol. The zero-order valence-corrected chi connectivity index (χ0v) is 13.1. The summed E-state index contributed by atoms with van der Waals surface area (Å²) in [6, 6.07) is 13.9. The highest BCUT2D eigenvalue weighted by atomic mass is 19.3. The number of nitrogens with two attached hydrogens (primary N) is 1. The summed E-state index contributed by atoms with van der Waals surface area (Å²) in [5.41, 5.74) is 11.2. The van der Waals surface area contributed by atoms with Crippen LogP contribution < -0.4 is 5.73 Å². The van der Waals surface area contributed by atoms with Gasteiger partial charge in [-0.3, -0.25) is 4.94 Å². The van der Waals surface area contributed by atoms with Gasteiger partial charge in [-0.05, 0) is 41.0 Å². The van der Waals surface area contributed by atoms with Crippen LogP contribution in [0.4, 0.5) is 10.2 Å². The number of amidine groups is 1. The molecule has 0 saturated heterocycles. The molecule has 1 heterocycles. The number of rotatable bonds is 4. The normalized spacial score (nSPS) is 13.2. The van der Waals surface area contributed by atoms with E-state index in [1.807, 2.05) is 42.5 Å². The fraction of sp³-hybridized carbons (Fsp3) is 0.0500. The molecule has 0 bridgehead atoms. The topological polar surface area (TPSA) is 47.6 Å². The van der Waals surface area contributed by atoms with Crippen LogP contribution in [0.3, 0.4) is 0 Å². The summed E-state index contributed by atoms with van der Waals surface area (Å²) in [5, 5.41) is 0. The molecule has 3 nitrogen and oxygen atoms in total. The maximum absolute atomic E-state index is 12.5. The van der Waals surface area contributed by atoms with Crippen LogP contribution >= 0.6 is 0 Å². The molecule has 0 amide bonds. The molecule has 3 rings (SSSR count). The van der Waals surface area contributed by atoms with Crippen molar-refractivity contribution < 1.29 is 9.47 Å². The quantitative estimate of drug-likeness (QED) is 0.788. The molecule has 4 heteroatoms. The third-order valence-corrected chi connectivity index (χ3v) is 3.90. The van der Waals surface area contributed by atoms with Crippen LogP contribution in [-0.2, 0) is 4.94 Å². The third-order valence-electron chi connectivity index (χ3n) is 3.90. The van der Waals surface area contributed by atoms with Gasteiger partial charge in [0.25, 0.3) is 0 Å². The predicted octanol–water partition coefficient (Wildman–Crippen LogP) is 5.19. The summed E-state index contributed by atoms with van der Waals surface area (Å²) in [6.07, 6.45) is 3.90. The number of aliphatic imine (C=N–C) groups is 1. The molecule has 1 aliphatic heterocycles. The Kier molecular flexibility index (Phi) is 4.29. The van der Waals surface area contributed by atoms with E-state index < -0.39 is 0 Å². The number of nitrogens with zero attached hydrogens (tertiary/aromatic N) is 1. The average Bonchev–Trinajstić information content (AvgIpc) is 2.78. The molecule has 120 valence electrons. The van der Waals surface area contributed by atoms with Crippen molar-refractivity contribution in [2.45, 2.75) is 6.42 Å². The van der Waals surface area contributed by atoms with Gasteiger partial charge in [0.2, 0.25) is 0 Å². The van der Waals surface area contributed by atoms with E-state index in [9.17, 15) is 4.53 Å². The first-order chi connectivity index (χ1) is 11.6. The van der Waals surface area contributed by atoms with E-state index in [1.54, 1.807) is 6.08 Å². The van der Waals surface area contributed by atoms with Gasteiger partial charge >= 0.3 is 0 Å². The van der Waals surface area contributed by atoms with Crippen LogP contribution in [0.5, 0.6) is 0 Å². The van der Waals surface area contributed by atoms with E-state index >= 15 is 0 Å². The van der Waals surface area contributed by atoms with Crippen molar-refractivity contribution >= 4 is 23.7 Å². The minimum absolute atomic E-state index is 0.0555. The van der Waals surface area contributed by atoms with Gasteiger partial charge in [0.05, 0.1) is 5.69 Å². The van der Waals surface area contributed by atoms with Crippen molar-refractivity contribution in [1.82, 2.24) is 0 Å². The van der Waals surface area contributed by atoms with E-state index in [0.717, 1.165) is 27.9 Å². The third kappa shape index (κ3) is 3.13. The lowest BCUT2D eigenvalue weighted by Gasteiger charge is -2.07. The Hall–Kier alpha value is -3.14. The molecule has 24 heavy (non-hydrogen) atoms. The van der Waals surface area contributed by atoms with Gasteiger partial charge < -0.3 is 5.73 Å². The minimum Gasteiger partial charge on any atom is -0.387 e. The Bertz CT molecular complexity index is 881. The first-order valence-electron chi connectivity index (χ1n) is 7.49. The lowest BCUT2D eigenvalue weighted by molar-refractivity contribution is -0.0779. The molecule has 0 atom stereocenters. The van der Waals surface area contributed by atoms with Crippen LogP contribution in [0.2, 0.25) is 0 Å². The molecule has 1 aliphatic rings. The molecule has 0 fully saturated rings. The molecule has 0 spiro atoms. The van der Waals surface area contributed by atoms with Crippen molar-refractivity contribution in [3.63, 3.8) is 0 Å². The highest BCUT2D eigenvalue weighted by Gasteiger charge is 2.14. The Morgan fingerprint density at radius 3 is 2.75 bits per heavy atom. The maximum Gasteiger partial charge on any atom is 0.168 e. The molecule has 0 aliphatic carbocycles. The number of allylic oxidation sites excluding steroid dienone is 1. The second-order valence-corrected chi connectivity index (χ2v) is 5.55. The van der Waals surface area contributed by atoms with Crippen LogP contribution in [0.25, 0.3) is 23.3 Å². The standard InChI is InChI=1S/C20H17FN2O/c1-3-14-5-4-6-15(9-14)16-7-8-19-18(10-16)11-17(13(2)24-21)12-20(22)23-19/h3-11H,1-2,12H2,(H2,22,23). The zero-order valence-electron chi connectivity index (χ0n) is 13.1. The molecule has 2 aromatic carbocycles. The number of benzene rings is 2. The number of fused-ring (bicyclic) bond motifs is 1. The highest BCUT2D eigenvalue weighted by Crippen LogP contribution is 2.33. The highest BCUT2D eigenvalue weighted by molar-refractivity contribution is 5.91. The molecular formula is C20H17FN2O. The van der Waals surface area contributed by atoms with Gasteiger partial charge in [-0.1, -0.05) is 43.5 Å². The van der Waals surface area contributed by atoms with Crippen molar-refractivity contribution in [3.8, 4) is 11.1 Å². The number of halogens is 1. The van der Waals surface area contributed by atoms with Gasteiger partial charge in [0, 0.05) is 22.1 Å². The van der Waals surface area contributed by atoms with Crippen molar-refractivity contribution in [1.29, 1.82) is 0 Å². The number of hydrogen-bond donors (Lipinski definition) is 1. The SMILES string of the molecule is C=Cc1cccc(-c2ccc3c(c2)C=C(C(=C)OF)CC(N)=N3)c1. The van der Waals surface area contributed by atoms with E-state index in [4.69, 9.17) is 5.73 Å². The van der Waals surface area contributed by atoms with Gasteiger partial charge in [-0.25, -0.2) is 4.99 Å². The van der Waals surface area contributed by atoms with E-state index in [1.165, 1.54) is 0 Å². The Morgan fingerprint density at radius 1 is 1.21 bits per heavy atom. The summed E-state index contributed by atoms with van der Waals surface area (Å²) in [5.74, 6) is 0.333. The van der Waals surface area contributed by atoms with Crippen LogP contribution in [0.1, 0.15) is 17.5 Å². The summed E-state index contributed by atoms with van der Waals surface area (Å²) >= 11 is 0. The second kappa shape index (κ2) is 6.54. The van der Waals surface area contributed by atoms with Gasteiger partial charge in [0.1, 0.15) is 5.84 Å². The largest absolute Gasteiger partial charge is 0.387 e. The summed E-state index contributed by atoms with van der Waals surface area (Å²) in [7, 11) is 0. The summed E-state index contributed by atoms with van der Waals surface area (Å²) < 4.78 is 12.5. The Balaban J connectivity index is 2.11. The fourth-order valence-electron chi connectivity index (χ4n) is 2.65. The lowest BCUT2D eigenvalue weighted by Crippen LogP contribution is -2.11. The molecule has 0 unspecified atom stereocenters. The monoisotopic (exact) mass is 320 g/mol. The van der Waals surface area contributed by atoms with Crippen LogP contribution in [0, 0.1) is 0 Å². The smallest absolute Gasteiger partial charge is 0.168 e. The van der Waals surface area contributed by atoms with Crippen molar-refractivity contribution in [3.05, 3.63) is 78.1 Å². The van der Waals surface area contributed by atoms with Crippen molar-refractivity contribution in [2.75, 3.05) is 0 Å². The maximum atomic E-state index is 12.5. The first kappa shape index (κ1) is 15.7. The summed E-state index contributed by atoms with van der Waals surface area (Å²) in [4.78, 5) is 8.15. The predicted molar refractivity (Wildman–Crippen MR) is 97.2 cm³/mol. The molecular weight excluding hydrogens is 303 g/mol. The Morgan fingerprint density at radius 2 is 2.00 bits per heavy atom. The molecule has 2 N–H and O–H groups in total. The van der Waals surface area contributed by atoms with Gasteiger partial charge in [-0.2, -0.15) is 0 Å². The summed E-state index contributed by atoms with van der Waals surface area (Å²) in [6.45, 7) is 7.36. The van der Waals surface area contributed by atoms with Gasteiger partial charge in [0.15, 0.2) is 5.76 Å². The number of hydrogen-bond acceptors (Lipinski definition) is 3. The lowest BCUT2D eigenvalue weighted by atomic mass is 9.99. The molecule has 0 aromatic heterocycles. The molecule has 2 aromatic rings. The van der Waals surface area contributed by atoms with Crippen molar-refractivity contribution in [2.24, 2.45) is 10.7 Å². The van der Waals surface area contributed by atoms with E-state index in [0.29, 0.717) is 17.8 Å². The van der Waals surface area contributed by atoms with Crippen LogP contribution in [0.15, 0.2) is 71.9 Å². The Labute approximate surface area is 140 Å². The fourth-order valence-corrected chi connectivity index (χ4v) is 2.65.